The molecular weight excluding hydrogens is 457 g/mol. The van der Waals surface area contributed by atoms with Crippen molar-refractivity contribution < 1.29 is 0 Å². The van der Waals surface area contributed by atoms with Crippen LogP contribution in [0.1, 0.15) is 45.4 Å². The number of rotatable bonds is 6. The fourth-order valence-electron chi connectivity index (χ4n) is 4.90. The Hall–Kier alpha value is 0.270. The summed E-state index contributed by atoms with van der Waals surface area (Å²) >= 11 is 2.11. The first-order valence-electron chi connectivity index (χ1n) is 10.3. The maximum Gasteiger partial charge on any atom is 0.191 e. The zero-order valence-corrected chi connectivity index (χ0v) is 19.8. The third-order valence-electron chi connectivity index (χ3n) is 6.44. The number of guanidine groups is 1. The summed E-state index contributed by atoms with van der Waals surface area (Å²) < 4.78 is 0. The van der Waals surface area contributed by atoms with Crippen LogP contribution < -0.4 is 10.6 Å². The number of aliphatic imine (C=N–C) groups is 1. The first-order valence-corrected chi connectivity index (χ1v) is 11.4. The highest BCUT2D eigenvalue weighted by molar-refractivity contribution is 14.0. The van der Waals surface area contributed by atoms with Crippen LogP contribution in [0.3, 0.4) is 0 Å². The molecule has 0 radical (unpaired) electrons. The molecule has 0 amide bonds. The van der Waals surface area contributed by atoms with E-state index < -0.39 is 0 Å². The Morgan fingerprint density at radius 1 is 1.12 bits per heavy atom. The van der Waals surface area contributed by atoms with Crippen LogP contribution in [0.2, 0.25) is 0 Å². The average molecular weight is 496 g/mol. The zero-order chi connectivity index (χ0) is 17.5. The van der Waals surface area contributed by atoms with Crippen molar-refractivity contribution in [2.24, 2.45) is 4.99 Å². The van der Waals surface area contributed by atoms with Crippen LogP contribution >= 0.6 is 35.7 Å². The minimum Gasteiger partial charge on any atom is -0.355 e. The predicted octanol–water partition coefficient (Wildman–Crippen LogP) is 2.62. The van der Waals surface area contributed by atoms with E-state index in [1.807, 2.05) is 7.05 Å². The highest BCUT2D eigenvalue weighted by atomic mass is 127. The van der Waals surface area contributed by atoms with Crippen molar-refractivity contribution in [3.8, 4) is 0 Å². The number of nitrogens with one attached hydrogen (secondary N) is 2. The fourth-order valence-corrected chi connectivity index (χ4v) is 5.80. The molecule has 3 aliphatic rings. The van der Waals surface area contributed by atoms with E-state index in [0.29, 0.717) is 11.6 Å². The first kappa shape index (κ1) is 22.6. The van der Waals surface area contributed by atoms with Crippen molar-refractivity contribution in [3.05, 3.63) is 0 Å². The third kappa shape index (κ3) is 5.64. The largest absolute Gasteiger partial charge is 0.355 e. The summed E-state index contributed by atoms with van der Waals surface area (Å²) in [5.74, 6) is 3.58. The standard InChI is InChI=1S/C19H37N5S.HI/c1-3-23-10-6-7-17(23)15-21-18(20-2)22-16-19(8-4-5-9-19)24-11-13-25-14-12-24;/h17H,3-16H2,1-2H3,(H2,20,21,22);1H. The van der Waals surface area contributed by atoms with Gasteiger partial charge in [0.15, 0.2) is 5.96 Å². The molecule has 2 heterocycles. The highest BCUT2D eigenvalue weighted by Gasteiger charge is 2.40. The quantitative estimate of drug-likeness (QED) is 0.337. The molecule has 0 bridgehead atoms. The topological polar surface area (TPSA) is 42.9 Å². The maximum absolute atomic E-state index is 4.49. The van der Waals surface area contributed by atoms with Crippen LogP contribution in [0, 0.1) is 0 Å². The van der Waals surface area contributed by atoms with Gasteiger partial charge >= 0.3 is 0 Å². The lowest BCUT2D eigenvalue weighted by Gasteiger charge is -2.43. The Balaban J connectivity index is 0.00000243. The van der Waals surface area contributed by atoms with Crippen LogP contribution in [-0.2, 0) is 0 Å². The van der Waals surface area contributed by atoms with E-state index >= 15 is 0 Å². The second-order valence-corrected chi connectivity index (χ2v) is 8.99. The van der Waals surface area contributed by atoms with Crippen molar-refractivity contribution in [1.29, 1.82) is 0 Å². The lowest BCUT2D eigenvalue weighted by atomic mass is 9.94. The maximum atomic E-state index is 4.49. The molecule has 0 aromatic rings. The van der Waals surface area contributed by atoms with E-state index in [1.165, 1.54) is 69.7 Å². The van der Waals surface area contributed by atoms with Crippen LogP contribution in [0.15, 0.2) is 4.99 Å². The monoisotopic (exact) mass is 495 g/mol. The molecular formula is C19H38IN5S. The van der Waals surface area contributed by atoms with Gasteiger partial charge in [0, 0.05) is 56.3 Å². The van der Waals surface area contributed by atoms with E-state index in [0.717, 1.165) is 25.6 Å². The number of nitrogens with zero attached hydrogens (tertiary/aromatic N) is 3. The van der Waals surface area contributed by atoms with E-state index in [-0.39, 0.29) is 24.0 Å². The molecule has 3 rings (SSSR count). The summed E-state index contributed by atoms with van der Waals surface area (Å²) in [5, 5.41) is 7.27. The van der Waals surface area contributed by atoms with Crippen molar-refractivity contribution in [1.82, 2.24) is 20.4 Å². The van der Waals surface area contributed by atoms with Gasteiger partial charge in [0.2, 0.25) is 0 Å². The van der Waals surface area contributed by atoms with Crippen molar-refractivity contribution in [3.63, 3.8) is 0 Å². The van der Waals surface area contributed by atoms with Gasteiger partial charge < -0.3 is 10.6 Å². The summed E-state index contributed by atoms with van der Waals surface area (Å²) in [7, 11) is 1.90. The number of hydrogen-bond donors (Lipinski definition) is 2. The number of thioether (sulfide) groups is 1. The van der Waals surface area contributed by atoms with Gasteiger partial charge in [-0.3, -0.25) is 14.8 Å². The molecule has 2 saturated heterocycles. The number of halogens is 1. The van der Waals surface area contributed by atoms with Gasteiger partial charge in [0.1, 0.15) is 0 Å². The second-order valence-electron chi connectivity index (χ2n) is 7.76. The van der Waals surface area contributed by atoms with Crippen LogP contribution in [0.25, 0.3) is 0 Å². The Kier molecular flexibility index (Phi) is 9.82. The summed E-state index contributed by atoms with van der Waals surface area (Å²) in [4.78, 5) is 9.85. The number of likely N-dealkylation sites (tertiary alicyclic amines) is 1. The minimum atomic E-state index is 0. The number of hydrogen-bond acceptors (Lipinski definition) is 4. The van der Waals surface area contributed by atoms with E-state index in [9.17, 15) is 0 Å². The zero-order valence-electron chi connectivity index (χ0n) is 16.6. The van der Waals surface area contributed by atoms with Gasteiger partial charge in [-0.1, -0.05) is 19.8 Å². The molecule has 26 heavy (non-hydrogen) atoms. The number of likely N-dealkylation sites (N-methyl/N-ethyl adjacent to an activating group) is 1. The van der Waals surface area contributed by atoms with Crippen LogP contribution in [0.5, 0.6) is 0 Å². The molecule has 7 heteroatoms. The second kappa shape index (κ2) is 11.3. The summed E-state index contributed by atoms with van der Waals surface area (Å²) in [5.41, 5.74) is 0.363. The molecule has 1 atom stereocenters. The van der Waals surface area contributed by atoms with E-state index in [4.69, 9.17) is 0 Å². The van der Waals surface area contributed by atoms with Gasteiger partial charge in [-0.05, 0) is 38.8 Å². The Morgan fingerprint density at radius 3 is 2.50 bits per heavy atom. The van der Waals surface area contributed by atoms with Crippen LogP contribution in [0.4, 0.5) is 0 Å². The summed E-state index contributed by atoms with van der Waals surface area (Å²) in [6.07, 6.45) is 8.09. The van der Waals surface area contributed by atoms with Crippen LogP contribution in [-0.4, -0.2) is 85.2 Å². The lowest BCUT2D eigenvalue weighted by molar-refractivity contribution is 0.107. The smallest absolute Gasteiger partial charge is 0.191 e. The summed E-state index contributed by atoms with van der Waals surface area (Å²) in [6, 6.07) is 0.670. The Morgan fingerprint density at radius 2 is 1.85 bits per heavy atom. The lowest BCUT2D eigenvalue weighted by Crippen LogP contribution is -2.58. The molecule has 5 nitrogen and oxygen atoms in total. The summed E-state index contributed by atoms with van der Waals surface area (Å²) in [6.45, 7) is 9.25. The molecule has 0 spiro atoms. The fraction of sp³-hybridized carbons (Fsp3) is 0.947. The van der Waals surface area contributed by atoms with Gasteiger partial charge in [0.05, 0.1) is 0 Å². The van der Waals surface area contributed by atoms with E-state index in [1.54, 1.807) is 0 Å². The van der Waals surface area contributed by atoms with Gasteiger partial charge in [-0.25, -0.2) is 0 Å². The molecule has 1 saturated carbocycles. The molecule has 2 N–H and O–H groups in total. The molecule has 0 aromatic carbocycles. The van der Waals surface area contributed by atoms with Crippen molar-refractivity contribution >= 4 is 41.7 Å². The molecule has 1 aliphatic carbocycles. The molecule has 2 aliphatic heterocycles. The van der Waals surface area contributed by atoms with Gasteiger partial charge in [-0.15, -0.1) is 24.0 Å². The highest BCUT2D eigenvalue weighted by Crippen LogP contribution is 2.36. The SMILES string of the molecule is CCN1CCCC1CNC(=NC)NCC1(N2CCSCC2)CCCC1.I. The minimum absolute atomic E-state index is 0. The predicted molar refractivity (Wildman–Crippen MR) is 125 cm³/mol. The normalized spacial score (nSPS) is 27.3. The first-order chi connectivity index (χ1) is 12.3. The van der Waals surface area contributed by atoms with Crippen molar-refractivity contribution in [2.45, 2.75) is 57.0 Å². The molecule has 0 aromatic heterocycles. The Bertz CT molecular complexity index is 436. The van der Waals surface area contributed by atoms with Crippen molar-refractivity contribution in [2.75, 3.05) is 57.8 Å². The molecule has 3 fully saturated rings. The Labute approximate surface area is 181 Å². The third-order valence-corrected chi connectivity index (χ3v) is 7.38. The van der Waals surface area contributed by atoms with E-state index in [2.05, 4.69) is 44.1 Å². The molecule has 1 unspecified atom stereocenters. The average Bonchev–Trinajstić information content (AvgIpc) is 3.32. The van der Waals surface area contributed by atoms with Gasteiger partial charge in [-0.2, -0.15) is 11.8 Å². The molecule has 152 valence electrons. The van der Waals surface area contributed by atoms with Gasteiger partial charge in [0.25, 0.3) is 0 Å².